The highest BCUT2D eigenvalue weighted by atomic mass is 32.1. The van der Waals surface area contributed by atoms with Crippen LogP contribution in [0.15, 0.2) is 42.7 Å². The predicted molar refractivity (Wildman–Crippen MR) is 159 cm³/mol. The number of likely N-dealkylation sites (tertiary alicyclic amines) is 1. The first-order valence-electron chi connectivity index (χ1n) is 14.1. The number of nitrogens with zero attached hydrogens (tertiary/aromatic N) is 3. The number of piperidine rings is 1. The van der Waals surface area contributed by atoms with E-state index in [0.29, 0.717) is 30.0 Å². The minimum Gasteiger partial charge on any atom is -0.485 e. The summed E-state index contributed by atoms with van der Waals surface area (Å²) in [5, 5.41) is 1.21. The third-order valence-electron chi connectivity index (χ3n) is 8.34. The average molecular weight is 545 g/mol. The van der Waals surface area contributed by atoms with Crippen LogP contribution >= 0.6 is 11.3 Å². The molecule has 5 rings (SSSR count). The Bertz CT molecular complexity index is 1310. The molecular weight excluding hydrogens is 504 g/mol. The van der Waals surface area contributed by atoms with Gasteiger partial charge in [-0.1, -0.05) is 43.2 Å². The number of ether oxygens (including phenoxy) is 2. The molecule has 1 aliphatic heterocycles. The molecule has 1 saturated heterocycles. The molecule has 206 valence electrons. The number of methoxy groups -OCH3 is 1. The van der Waals surface area contributed by atoms with Crippen LogP contribution in [0.5, 0.6) is 5.75 Å². The fourth-order valence-corrected chi connectivity index (χ4v) is 6.71. The van der Waals surface area contributed by atoms with Crippen LogP contribution in [0.25, 0.3) is 10.4 Å². The van der Waals surface area contributed by atoms with Crippen molar-refractivity contribution in [3.05, 3.63) is 58.9 Å². The zero-order valence-corrected chi connectivity index (χ0v) is 24.2. The molecule has 39 heavy (non-hydrogen) atoms. The topological polar surface area (TPSA) is 73.5 Å². The Morgan fingerprint density at radius 1 is 1.08 bits per heavy atom. The zero-order chi connectivity index (χ0) is 27.2. The standard InChI is InChI=1S/C32H40N4O2S/c1-32(37-3,27-10-5-4-6-11-27)15-12-23-8-7-9-24(18-23)22-38-28-19-26(20-34-30(28)33)29-21-35-31(39-29)25-13-16-36(2)17-14-25/h7-9,18-21,25,27H,4-6,10-11,13-14,16-17,22H2,1-3H3,(H2,33,34). The van der Waals surface area contributed by atoms with Crippen LogP contribution in [-0.4, -0.2) is 47.7 Å². The van der Waals surface area contributed by atoms with E-state index in [1.807, 2.05) is 36.7 Å². The summed E-state index contributed by atoms with van der Waals surface area (Å²) in [5.74, 6) is 8.81. The highest BCUT2D eigenvalue weighted by molar-refractivity contribution is 7.15. The van der Waals surface area contributed by atoms with Gasteiger partial charge in [-0.15, -0.1) is 11.3 Å². The zero-order valence-electron chi connectivity index (χ0n) is 23.4. The summed E-state index contributed by atoms with van der Waals surface area (Å²) in [7, 11) is 3.96. The van der Waals surface area contributed by atoms with Crippen LogP contribution in [0, 0.1) is 17.8 Å². The van der Waals surface area contributed by atoms with Gasteiger partial charge in [0.2, 0.25) is 0 Å². The number of pyridine rings is 1. The summed E-state index contributed by atoms with van der Waals surface area (Å²) in [5.41, 5.74) is 8.75. The number of nitrogen functional groups attached to an aromatic ring is 1. The van der Waals surface area contributed by atoms with E-state index in [1.165, 1.54) is 37.1 Å². The third kappa shape index (κ3) is 6.81. The Balaban J connectivity index is 1.25. The summed E-state index contributed by atoms with van der Waals surface area (Å²) >= 11 is 1.75. The van der Waals surface area contributed by atoms with Crippen molar-refractivity contribution >= 4 is 17.2 Å². The number of hydrogen-bond donors (Lipinski definition) is 1. The van der Waals surface area contributed by atoms with Gasteiger partial charge >= 0.3 is 0 Å². The van der Waals surface area contributed by atoms with Crippen molar-refractivity contribution < 1.29 is 9.47 Å². The van der Waals surface area contributed by atoms with E-state index in [1.54, 1.807) is 18.4 Å². The van der Waals surface area contributed by atoms with E-state index in [-0.39, 0.29) is 0 Å². The van der Waals surface area contributed by atoms with E-state index in [4.69, 9.17) is 20.2 Å². The lowest BCUT2D eigenvalue weighted by Crippen LogP contribution is -2.36. The second kappa shape index (κ2) is 12.5. The second-order valence-corrected chi connectivity index (χ2v) is 12.2. The van der Waals surface area contributed by atoms with Gasteiger partial charge in [-0.3, -0.25) is 0 Å². The fraction of sp³-hybridized carbons (Fsp3) is 0.500. The Hall–Kier alpha value is -2.92. The number of anilines is 1. The first-order chi connectivity index (χ1) is 18.9. The molecule has 1 atom stereocenters. The van der Waals surface area contributed by atoms with Crippen molar-refractivity contribution in [1.29, 1.82) is 0 Å². The van der Waals surface area contributed by atoms with Gasteiger partial charge in [0.25, 0.3) is 0 Å². The predicted octanol–water partition coefficient (Wildman–Crippen LogP) is 6.51. The maximum absolute atomic E-state index is 6.19. The van der Waals surface area contributed by atoms with Gasteiger partial charge in [0, 0.05) is 36.5 Å². The van der Waals surface area contributed by atoms with Crippen molar-refractivity contribution in [3.8, 4) is 28.0 Å². The van der Waals surface area contributed by atoms with Gasteiger partial charge < -0.3 is 20.1 Å². The first kappa shape index (κ1) is 27.6. The number of nitrogens with two attached hydrogens (primary N) is 1. The number of hydrogen-bond acceptors (Lipinski definition) is 7. The molecule has 1 saturated carbocycles. The highest BCUT2D eigenvalue weighted by Crippen LogP contribution is 2.37. The number of aromatic nitrogens is 2. The molecule has 3 aromatic rings. The molecule has 1 aliphatic carbocycles. The molecule has 0 bridgehead atoms. The van der Waals surface area contributed by atoms with Crippen LogP contribution in [-0.2, 0) is 11.3 Å². The van der Waals surface area contributed by atoms with Gasteiger partial charge in [0.05, 0.1) is 9.88 Å². The van der Waals surface area contributed by atoms with E-state index in [9.17, 15) is 0 Å². The lowest BCUT2D eigenvalue weighted by molar-refractivity contribution is -0.00762. The van der Waals surface area contributed by atoms with Crippen molar-refractivity contribution in [2.75, 3.05) is 33.0 Å². The molecule has 3 heterocycles. The van der Waals surface area contributed by atoms with E-state index >= 15 is 0 Å². The first-order valence-corrected chi connectivity index (χ1v) is 15.0. The molecule has 2 N–H and O–H groups in total. The van der Waals surface area contributed by atoms with Gasteiger partial charge in [0.1, 0.15) is 12.2 Å². The van der Waals surface area contributed by atoms with Gasteiger partial charge in [-0.05, 0) is 82.4 Å². The number of thiazole rings is 1. The van der Waals surface area contributed by atoms with Crippen LogP contribution in [0.1, 0.15) is 73.9 Å². The summed E-state index contributed by atoms with van der Waals surface area (Å²) in [6, 6.07) is 10.2. The fourth-order valence-electron chi connectivity index (χ4n) is 5.64. The minimum absolute atomic E-state index is 0.387. The molecule has 1 aromatic carbocycles. The SMILES string of the molecule is COC(C)(C#Cc1cccc(COc2cc(-c3cnc(C4CCN(C)CC4)s3)cnc2N)c1)C1CCCCC1. The third-order valence-corrected chi connectivity index (χ3v) is 9.55. The van der Waals surface area contributed by atoms with Gasteiger partial charge in [-0.25, -0.2) is 9.97 Å². The Morgan fingerprint density at radius 2 is 1.87 bits per heavy atom. The quantitative estimate of drug-likeness (QED) is 0.342. The largest absolute Gasteiger partial charge is 0.485 e. The lowest BCUT2D eigenvalue weighted by Gasteiger charge is -2.34. The van der Waals surface area contributed by atoms with Crippen LogP contribution in [0.4, 0.5) is 5.82 Å². The van der Waals surface area contributed by atoms with Crippen molar-refractivity contribution in [1.82, 2.24) is 14.9 Å². The maximum Gasteiger partial charge on any atom is 0.166 e. The van der Waals surface area contributed by atoms with Gasteiger partial charge in [-0.2, -0.15) is 0 Å². The van der Waals surface area contributed by atoms with Crippen LogP contribution in [0.3, 0.4) is 0 Å². The smallest absolute Gasteiger partial charge is 0.166 e. The Kier molecular flexibility index (Phi) is 8.86. The monoisotopic (exact) mass is 544 g/mol. The highest BCUT2D eigenvalue weighted by Gasteiger charge is 2.33. The molecule has 0 radical (unpaired) electrons. The summed E-state index contributed by atoms with van der Waals surface area (Å²) in [6.07, 6.45) is 12.3. The molecular formula is C32H40N4O2S. The second-order valence-electron chi connectivity index (χ2n) is 11.1. The summed E-state index contributed by atoms with van der Waals surface area (Å²) in [6.45, 7) is 4.77. The number of benzene rings is 1. The van der Waals surface area contributed by atoms with Crippen molar-refractivity contribution in [2.45, 2.75) is 70.0 Å². The molecule has 0 amide bonds. The van der Waals surface area contributed by atoms with Crippen molar-refractivity contribution in [2.24, 2.45) is 5.92 Å². The molecule has 2 aromatic heterocycles. The number of rotatable bonds is 7. The average Bonchev–Trinajstić information content (AvgIpc) is 3.47. The molecule has 1 unspecified atom stereocenters. The normalized spacial score (nSPS) is 18.7. The molecule has 2 fully saturated rings. The van der Waals surface area contributed by atoms with E-state index < -0.39 is 5.60 Å². The Labute approximate surface area is 237 Å². The van der Waals surface area contributed by atoms with Gasteiger partial charge in [0.15, 0.2) is 11.6 Å². The van der Waals surface area contributed by atoms with E-state index in [0.717, 1.165) is 47.5 Å². The molecule has 7 heteroatoms. The molecule has 6 nitrogen and oxygen atoms in total. The maximum atomic E-state index is 6.19. The minimum atomic E-state index is -0.419. The molecule has 2 aliphatic rings. The summed E-state index contributed by atoms with van der Waals surface area (Å²) < 4.78 is 12.1. The lowest BCUT2D eigenvalue weighted by atomic mass is 9.78. The molecule has 0 spiro atoms. The van der Waals surface area contributed by atoms with Crippen molar-refractivity contribution in [3.63, 3.8) is 0 Å². The summed E-state index contributed by atoms with van der Waals surface area (Å²) in [4.78, 5) is 12.6. The van der Waals surface area contributed by atoms with Crippen LogP contribution < -0.4 is 10.5 Å². The Morgan fingerprint density at radius 3 is 2.64 bits per heavy atom. The van der Waals surface area contributed by atoms with E-state index in [2.05, 4.69) is 41.8 Å². The van der Waals surface area contributed by atoms with Crippen LogP contribution in [0.2, 0.25) is 0 Å².